The van der Waals surface area contributed by atoms with Gasteiger partial charge in [0.2, 0.25) is 0 Å². The molecule has 0 bridgehead atoms. The molecule has 2 heterocycles. The van der Waals surface area contributed by atoms with E-state index in [1.54, 1.807) is 36.4 Å². The van der Waals surface area contributed by atoms with E-state index in [1.165, 1.54) is 31.1 Å². The zero-order valence-corrected chi connectivity index (χ0v) is 19.7. The summed E-state index contributed by atoms with van der Waals surface area (Å²) in [5, 5.41) is 0. The quantitative estimate of drug-likeness (QED) is 0.449. The Morgan fingerprint density at radius 3 is 2.18 bits per heavy atom. The van der Waals surface area contributed by atoms with Crippen molar-refractivity contribution in [3.63, 3.8) is 0 Å². The summed E-state index contributed by atoms with van der Waals surface area (Å²) in [5.74, 6) is -0.499. The monoisotopic (exact) mass is 488 g/mol. The van der Waals surface area contributed by atoms with E-state index in [-0.39, 0.29) is 30.7 Å². The Balaban J connectivity index is 1.61. The predicted octanol–water partition coefficient (Wildman–Crippen LogP) is 2.39. The van der Waals surface area contributed by atoms with Gasteiger partial charge in [0.05, 0.1) is 37.1 Å². The molecule has 1 saturated heterocycles. The summed E-state index contributed by atoms with van der Waals surface area (Å²) < 4.78 is 39.2. The molecule has 2 aromatic rings. The van der Waals surface area contributed by atoms with Crippen LogP contribution in [0.25, 0.3) is 0 Å². The zero-order chi connectivity index (χ0) is 24.7. The van der Waals surface area contributed by atoms with E-state index in [0.717, 1.165) is 11.2 Å². The Hall–Kier alpha value is -3.44. The standard InChI is InChI=1S/C23H24N2O8S/c1-23(25-20(26)18-6-4-5-7-19(18)21(25)27)12-17(33-34(3,29)30)13-24(23)22(28)32-14-15-8-10-16(31-2)11-9-15/h4-11,17H,12-14H2,1-3H3/t17-,23-/m1/s1. The summed E-state index contributed by atoms with van der Waals surface area (Å²) in [5.41, 5.74) is -0.375. The average molecular weight is 489 g/mol. The van der Waals surface area contributed by atoms with E-state index < -0.39 is 39.8 Å². The van der Waals surface area contributed by atoms with Crippen molar-refractivity contribution in [2.24, 2.45) is 0 Å². The lowest BCUT2D eigenvalue weighted by atomic mass is 10.1. The maximum absolute atomic E-state index is 13.2. The van der Waals surface area contributed by atoms with Gasteiger partial charge in [-0.2, -0.15) is 8.42 Å². The molecule has 11 heteroatoms. The van der Waals surface area contributed by atoms with Crippen molar-refractivity contribution in [3.8, 4) is 5.75 Å². The molecule has 3 amide bonds. The fraction of sp³-hybridized carbons (Fsp3) is 0.348. The van der Waals surface area contributed by atoms with Gasteiger partial charge in [-0.25, -0.2) is 4.79 Å². The van der Waals surface area contributed by atoms with Crippen molar-refractivity contribution in [2.75, 3.05) is 19.9 Å². The van der Waals surface area contributed by atoms with Crippen LogP contribution in [0.5, 0.6) is 5.75 Å². The molecule has 0 aromatic heterocycles. The summed E-state index contributed by atoms with van der Waals surface area (Å²) in [6.07, 6.45) is -0.965. The van der Waals surface area contributed by atoms with E-state index in [1.807, 2.05) is 0 Å². The Kier molecular flexibility index (Phi) is 6.09. The first-order valence-corrected chi connectivity index (χ1v) is 12.3. The SMILES string of the molecule is COc1ccc(COC(=O)N2C[C@H](OS(C)(=O)=O)C[C@@]2(C)N2C(=O)c3ccccc3C2=O)cc1. The minimum atomic E-state index is -3.85. The molecule has 0 unspecified atom stereocenters. The number of benzene rings is 2. The minimum absolute atomic E-state index is 0.0743. The van der Waals surface area contributed by atoms with Gasteiger partial charge in [-0.15, -0.1) is 0 Å². The maximum atomic E-state index is 13.2. The largest absolute Gasteiger partial charge is 0.497 e. The van der Waals surface area contributed by atoms with Crippen LogP contribution in [0.15, 0.2) is 48.5 Å². The number of methoxy groups -OCH3 is 1. The second-order valence-corrected chi connectivity index (χ2v) is 9.95. The third kappa shape index (κ3) is 4.36. The first-order valence-electron chi connectivity index (χ1n) is 10.5. The molecule has 2 aliphatic heterocycles. The van der Waals surface area contributed by atoms with Gasteiger partial charge in [-0.3, -0.25) is 23.6 Å². The van der Waals surface area contributed by atoms with Crippen molar-refractivity contribution < 1.29 is 36.5 Å². The summed E-state index contributed by atoms with van der Waals surface area (Å²) in [6, 6.07) is 13.2. The maximum Gasteiger partial charge on any atom is 0.412 e. The number of carbonyl (C=O) groups excluding carboxylic acids is 3. The molecule has 2 aromatic carbocycles. The summed E-state index contributed by atoms with van der Waals surface area (Å²) in [4.78, 5) is 41.6. The first-order chi connectivity index (χ1) is 16.0. The van der Waals surface area contributed by atoms with Crippen LogP contribution < -0.4 is 4.74 Å². The molecule has 4 rings (SSSR count). The van der Waals surface area contributed by atoms with Gasteiger partial charge in [0.15, 0.2) is 0 Å². The number of hydrogen-bond donors (Lipinski definition) is 0. The molecular weight excluding hydrogens is 464 g/mol. The zero-order valence-electron chi connectivity index (χ0n) is 18.9. The van der Waals surface area contributed by atoms with Crippen molar-refractivity contribution in [3.05, 3.63) is 65.2 Å². The third-order valence-corrected chi connectivity index (χ3v) is 6.53. The highest BCUT2D eigenvalue weighted by atomic mass is 32.2. The molecule has 1 fully saturated rings. The van der Waals surface area contributed by atoms with Crippen molar-refractivity contribution in [2.45, 2.75) is 31.7 Å². The van der Waals surface area contributed by atoms with Gasteiger partial charge in [-0.05, 0) is 36.8 Å². The second-order valence-electron chi connectivity index (χ2n) is 8.35. The third-order valence-electron chi connectivity index (χ3n) is 5.91. The van der Waals surface area contributed by atoms with Gasteiger partial charge in [0, 0.05) is 6.42 Å². The van der Waals surface area contributed by atoms with Crippen LogP contribution in [0.1, 0.15) is 39.6 Å². The number of hydrogen-bond acceptors (Lipinski definition) is 8. The summed E-state index contributed by atoms with van der Waals surface area (Å²) in [7, 11) is -2.31. The normalized spacial score (nSPS) is 22.1. The lowest BCUT2D eigenvalue weighted by Crippen LogP contribution is -2.59. The molecule has 0 aliphatic carbocycles. The van der Waals surface area contributed by atoms with Crippen LogP contribution in [-0.2, 0) is 25.6 Å². The van der Waals surface area contributed by atoms with E-state index in [2.05, 4.69) is 0 Å². The second kappa shape index (κ2) is 8.73. The highest BCUT2D eigenvalue weighted by molar-refractivity contribution is 7.86. The molecular formula is C23H24N2O8S. The topological polar surface area (TPSA) is 120 Å². The van der Waals surface area contributed by atoms with E-state index in [9.17, 15) is 22.8 Å². The summed E-state index contributed by atoms with van der Waals surface area (Å²) >= 11 is 0. The molecule has 2 aliphatic rings. The Bertz CT molecular complexity index is 1210. The van der Waals surface area contributed by atoms with Gasteiger partial charge >= 0.3 is 6.09 Å². The average Bonchev–Trinajstić information content (AvgIpc) is 3.25. The van der Waals surface area contributed by atoms with Gasteiger partial charge in [-0.1, -0.05) is 24.3 Å². The molecule has 0 radical (unpaired) electrons. The molecule has 2 atom stereocenters. The van der Waals surface area contributed by atoms with Crippen LogP contribution in [0.4, 0.5) is 4.79 Å². The van der Waals surface area contributed by atoms with Crippen LogP contribution in [-0.4, -0.2) is 67.8 Å². The van der Waals surface area contributed by atoms with Crippen LogP contribution in [0.2, 0.25) is 0 Å². The smallest absolute Gasteiger partial charge is 0.412 e. The van der Waals surface area contributed by atoms with Crippen LogP contribution >= 0.6 is 0 Å². The Morgan fingerprint density at radius 1 is 1.06 bits per heavy atom. The first kappa shape index (κ1) is 23.7. The minimum Gasteiger partial charge on any atom is -0.497 e. The lowest BCUT2D eigenvalue weighted by Gasteiger charge is -2.40. The lowest BCUT2D eigenvalue weighted by molar-refractivity contribution is -0.000835. The predicted molar refractivity (Wildman–Crippen MR) is 120 cm³/mol. The Labute approximate surface area is 197 Å². The number of likely N-dealkylation sites (tertiary alicyclic amines) is 1. The molecule has 0 spiro atoms. The highest BCUT2D eigenvalue weighted by Gasteiger charge is 2.56. The number of nitrogens with zero attached hydrogens (tertiary/aromatic N) is 2. The van der Waals surface area contributed by atoms with Crippen molar-refractivity contribution >= 4 is 28.0 Å². The molecule has 0 saturated carbocycles. The van der Waals surface area contributed by atoms with Crippen LogP contribution in [0, 0.1) is 0 Å². The molecule has 34 heavy (non-hydrogen) atoms. The van der Waals surface area contributed by atoms with E-state index >= 15 is 0 Å². The van der Waals surface area contributed by atoms with Crippen molar-refractivity contribution in [1.82, 2.24) is 9.80 Å². The van der Waals surface area contributed by atoms with E-state index in [0.29, 0.717) is 11.3 Å². The van der Waals surface area contributed by atoms with Crippen molar-refractivity contribution in [1.29, 1.82) is 0 Å². The summed E-state index contributed by atoms with van der Waals surface area (Å²) in [6.45, 7) is 1.27. The van der Waals surface area contributed by atoms with Gasteiger partial charge in [0.1, 0.15) is 18.0 Å². The number of ether oxygens (including phenoxy) is 2. The molecule has 0 N–H and O–H groups in total. The van der Waals surface area contributed by atoms with Gasteiger partial charge < -0.3 is 9.47 Å². The molecule has 180 valence electrons. The number of carbonyl (C=O) groups is 3. The fourth-order valence-electron chi connectivity index (χ4n) is 4.37. The number of amides is 3. The van der Waals surface area contributed by atoms with Gasteiger partial charge in [0.25, 0.3) is 21.9 Å². The highest BCUT2D eigenvalue weighted by Crippen LogP contribution is 2.40. The number of fused-ring (bicyclic) bond motifs is 1. The number of rotatable bonds is 6. The Morgan fingerprint density at radius 2 is 1.65 bits per heavy atom. The molecule has 10 nitrogen and oxygen atoms in total. The van der Waals surface area contributed by atoms with Crippen LogP contribution in [0.3, 0.4) is 0 Å². The van der Waals surface area contributed by atoms with E-state index in [4.69, 9.17) is 13.7 Å². The number of imide groups is 1. The fourth-order valence-corrected chi connectivity index (χ4v) is 5.00.